The van der Waals surface area contributed by atoms with Gasteiger partial charge in [-0.3, -0.25) is 0 Å². The molecule has 110 valence electrons. The number of rotatable bonds is 5. The molecule has 1 aromatic carbocycles. The first-order chi connectivity index (χ1) is 10.1. The van der Waals surface area contributed by atoms with E-state index in [4.69, 9.17) is 9.47 Å². The lowest BCUT2D eigenvalue weighted by atomic mass is 10.1. The molecule has 0 atom stereocenters. The van der Waals surface area contributed by atoms with Crippen molar-refractivity contribution in [1.29, 1.82) is 0 Å². The largest absolute Gasteiger partial charge is 0.463 e. The molecule has 0 fully saturated rings. The number of carbonyl (C=O) groups excluding carboxylic acids is 2. The van der Waals surface area contributed by atoms with Gasteiger partial charge >= 0.3 is 11.9 Å². The van der Waals surface area contributed by atoms with Crippen LogP contribution in [0, 0.1) is 6.92 Å². The minimum atomic E-state index is -0.542. The second-order valence-corrected chi connectivity index (χ2v) is 5.33. The second-order valence-electron chi connectivity index (χ2n) is 4.41. The van der Waals surface area contributed by atoms with Crippen molar-refractivity contribution in [3.05, 3.63) is 46.2 Å². The Bertz CT molecular complexity index is 628. The highest BCUT2D eigenvalue weighted by atomic mass is 32.1. The lowest BCUT2D eigenvalue weighted by molar-refractivity contribution is -0.146. The third-order valence-corrected chi connectivity index (χ3v) is 3.73. The summed E-state index contributed by atoms with van der Waals surface area (Å²) in [5, 5.41) is 1.83. The van der Waals surface area contributed by atoms with Crippen molar-refractivity contribution in [2.75, 3.05) is 13.2 Å². The number of aryl methyl sites for hydroxylation is 1. The fourth-order valence-corrected chi connectivity index (χ4v) is 2.63. The van der Waals surface area contributed by atoms with Crippen LogP contribution < -0.4 is 0 Å². The Hall–Kier alpha value is -2.14. The molecule has 0 radical (unpaired) electrons. The van der Waals surface area contributed by atoms with E-state index >= 15 is 0 Å². The highest BCUT2D eigenvalue weighted by Gasteiger charge is 2.17. The van der Waals surface area contributed by atoms with Crippen LogP contribution >= 0.6 is 11.3 Å². The van der Waals surface area contributed by atoms with E-state index in [1.54, 1.807) is 6.92 Å². The second kappa shape index (κ2) is 7.04. The average molecular weight is 304 g/mol. The van der Waals surface area contributed by atoms with Gasteiger partial charge in [0, 0.05) is 5.56 Å². The molecule has 1 aromatic heterocycles. The summed E-state index contributed by atoms with van der Waals surface area (Å²) < 4.78 is 9.71. The van der Waals surface area contributed by atoms with Gasteiger partial charge in [0.05, 0.1) is 6.61 Å². The standard InChI is InChI=1S/C16H16O4S/c1-3-19-14(17)10-20-16(18)15-13(8-9-21-15)12-6-4-11(2)5-7-12/h4-9H,3,10H2,1-2H3. The minimum absolute atomic E-state index is 0.268. The van der Waals surface area contributed by atoms with Crippen molar-refractivity contribution in [1.82, 2.24) is 0 Å². The zero-order valence-electron chi connectivity index (χ0n) is 11.9. The van der Waals surface area contributed by atoms with Gasteiger partial charge in [-0.05, 0) is 30.9 Å². The molecule has 5 heteroatoms. The Morgan fingerprint density at radius 3 is 2.48 bits per heavy atom. The van der Waals surface area contributed by atoms with Gasteiger partial charge in [-0.25, -0.2) is 9.59 Å². The summed E-state index contributed by atoms with van der Waals surface area (Å²) in [5.74, 6) is -1.05. The SMILES string of the molecule is CCOC(=O)COC(=O)c1sccc1-c1ccc(C)cc1. The lowest BCUT2D eigenvalue weighted by Gasteiger charge is -2.06. The molecule has 2 rings (SSSR count). The number of esters is 2. The van der Waals surface area contributed by atoms with Crippen molar-refractivity contribution in [3.63, 3.8) is 0 Å². The van der Waals surface area contributed by atoms with Crippen molar-refractivity contribution >= 4 is 23.3 Å². The maximum absolute atomic E-state index is 12.1. The Balaban J connectivity index is 2.11. The Kier molecular flexibility index (Phi) is 5.11. The first kappa shape index (κ1) is 15.3. The average Bonchev–Trinajstić information content (AvgIpc) is 2.95. The third kappa shape index (κ3) is 3.92. The van der Waals surface area contributed by atoms with Crippen LogP contribution in [0.5, 0.6) is 0 Å². The van der Waals surface area contributed by atoms with Crippen LogP contribution in [0.4, 0.5) is 0 Å². The van der Waals surface area contributed by atoms with Crippen LogP contribution in [-0.4, -0.2) is 25.2 Å². The Morgan fingerprint density at radius 1 is 1.10 bits per heavy atom. The first-order valence-electron chi connectivity index (χ1n) is 6.59. The topological polar surface area (TPSA) is 52.6 Å². The van der Waals surface area contributed by atoms with Crippen LogP contribution in [0.3, 0.4) is 0 Å². The van der Waals surface area contributed by atoms with Crippen LogP contribution in [0.1, 0.15) is 22.2 Å². The third-order valence-electron chi connectivity index (χ3n) is 2.84. The van der Waals surface area contributed by atoms with E-state index < -0.39 is 11.9 Å². The van der Waals surface area contributed by atoms with E-state index in [1.807, 2.05) is 42.6 Å². The summed E-state index contributed by atoms with van der Waals surface area (Å²) >= 11 is 1.30. The van der Waals surface area contributed by atoms with E-state index in [0.717, 1.165) is 16.7 Å². The molecule has 0 amide bonds. The molecule has 0 saturated carbocycles. The molecule has 0 N–H and O–H groups in total. The van der Waals surface area contributed by atoms with E-state index in [1.165, 1.54) is 11.3 Å². The molecule has 4 nitrogen and oxygen atoms in total. The van der Waals surface area contributed by atoms with Gasteiger partial charge in [0.25, 0.3) is 0 Å². The quantitative estimate of drug-likeness (QED) is 0.794. The van der Waals surface area contributed by atoms with Crippen molar-refractivity contribution in [2.45, 2.75) is 13.8 Å². The number of thiophene rings is 1. The summed E-state index contributed by atoms with van der Waals surface area (Å²) in [5.41, 5.74) is 2.92. The van der Waals surface area contributed by atoms with E-state index in [2.05, 4.69) is 0 Å². The fraction of sp³-hybridized carbons (Fsp3) is 0.250. The zero-order valence-corrected chi connectivity index (χ0v) is 12.7. The summed E-state index contributed by atoms with van der Waals surface area (Å²) in [7, 11) is 0. The molecule has 0 spiro atoms. The lowest BCUT2D eigenvalue weighted by Crippen LogP contribution is -2.16. The molecule has 0 aliphatic rings. The van der Waals surface area contributed by atoms with Crippen molar-refractivity contribution in [3.8, 4) is 11.1 Å². The summed E-state index contributed by atoms with van der Waals surface area (Å²) in [6.07, 6.45) is 0. The molecule has 0 bridgehead atoms. The molecule has 0 saturated heterocycles. The maximum atomic E-state index is 12.1. The molecule has 0 unspecified atom stereocenters. The normalized spacial score (nSPS) is 10.2. The first-order valence-corrected chi connectivity index (χ1v) is 7.47. The zero-order chi connectivity index (χ0) is 15.2. The molecule has 0 aliphatic carbocycles. The number of benzene rings is 1. The van der Waals surface area contributed by atoms with Crippen molar-refractivity contribution in [2.24, 2.45) is 0 Å². The van der Waals surface area contributed by atoms with Crippen LogP contribution in [0.15, 0.2) is 35.7 Å². The van der Waals surface area contributed by atoms with Gasteiger partial charge in [0.1, 0.15) is 4.88 Å². The van der Waals surface area contributed by atoms with Crippen LogP contribution in [0.2, 0.25) is 0 Å². The predicted octanol–water partition coefficient (Wildman–Crippen LogP) is 3.44. The molecular formula is C16H16O4S. The van der Waals surface area contributed by atoms with Gasteiger partial charge in [0.15, 0.2) is 6.61 Å². The van der Waals surface area contributed by atoms with Gasteiger partial charge in [-0.1, -0.05) is 29.8 Å². The summed E-state index contributed by atoms with van der Waals surface area (Å²) in [6, 6.07) is 9.76. The molecule has 1 heterocycles. The highest BCUT2D eigenvalue weighted by Crippen LogP contribution is 2.29. The summed E-state index contributed by atoms with van der Waals surface area (Å²) in [4.78, 5) is 23.8. The Labute approximate surface area is 127 Å². The monoisotopic (exact) mass is 304 g/mol. The number of carbonyl (C=O) groups is 2. The fourth-order valence-electron chi connectivity index (χ4n) is 1.82. The van der Waals surface area contributed by atoms with Gasteiger partial charge in [0.2, 0.25) is 0 Å². The number of hydrogen-bond acceptors (Lipinski definition) is 5. The van der Waals surface area contributed by atoms with Gasteiger partial charge in [-0.15, -0.1) is 11.3 Å². The maximum Gasteiger partial charge on any atom is 0.349 e. The molecule has 2 aromatic rings. The van der Waals surface area contributed by atoms with E-state index in [9.17, 15) is 9.59 Å². The van der Waals surface area contributed by atoms with Crippen LogP contribution in [-0.2, 0) is 14.3 Å². The molecule has 0 aliphatic heterocycles. The number of ether oxygens (including phenoxy) is 2. The van der Waals surface area contributed by atoms with E-state index in [-0.39, 0.29) is 13.2 Å². The van der Waals surface area contributed by atoms with Gasteiger partial charge < -0.3 is 9.47 Å². The summed E-state index contributed by atoms with van der Waals surface area (Å²) in [6.45, 7) is 3.61. The predicted molar refractivity (Wildman–Crippen MR) is 81.4 cm³/mol. The smallest absolute Gasteiger partial charge is 0.349 e. The highest BCUT2D eigenvalue weighted by molar-refractivity contribution is 7.12. The molecular weight excluding hydrogens is 288 g/mol. The number of hydrogen-bond donors (Lipinski definition) is 0. The minimum Gasteiger partial charge on any atom is -0.463 e. The van der Waals surface area contributed by atoms with Crippen LogP contribution in [0.25, 0.3) is 11.1 Å². The Morgan fingerprint density at radius 2 is 1.81 bits per heavy atom. The van der Waals surface area contributed by atoms with Gasteiger partial charge in [-0.2, -0.15) is 0 Å². The molecule has 21 heavy (non-hydrogen) atoms. The van der Waals surface area contributed by atoms with Crippen molar-refractivity contribution < 1.29 is 19.1 Å². The van der Waals surface area contributed by atoms with E-state index in [0.29, 0.717) is 4.88 Å².